The topological polar surface area (TPSA) is 59.5 Å². The van der Waals surface area contributed by atoms with E-state index in [0.717, 1.165) is 0 Å². The molecule has 1 rings (SSSR count). The third-order valence-electron chi connectivity index (χ3n) is 2.58. The largest absolute Gasteiger partial charge is 0.469 e. The highest BCUT2D eigenvalue weighted by atomic mass is 16.5. The van der Waals surface area contributed by atoms with Crippen molar-refractivity contribution >= 4 is 11.9 Å². The third-order valence-corrected chi connectivity index (χ3v) is 2.58. The number of esters is 1. The number of hydrogen-bond donors (Lipinski definition) is 0. The Balaban J connectivity index is 2.73. The van der Waals surface area contributed by atoms with Gasteiger partial charge in [-0.3, -0.25) is 14.6 Å². The van der Waals surface area contributed by atoms with E-state index in [2.05, 4.69) is 9.72 Å². The molecule has 0 fully saturated rings. The molecule has 98 valence electrons. The second-order valence-electron chi connectivity index (χ2n) is 4.16. The van der Waals surface area contributed by atoms with E-state index >= 15 is 0 Å². The van der Waals surface area contributed by atoms with E-state index in [1.807, 2.05) is 13.8 Å². The minimum atomic E-state index is -0.320. The Morgan fingerprint density at radius 3 is 2.67 bits per heavy atom. The van der Waals surface area contributed by atoms with Gasteiger partial charge in [-0.2, -0.15) is 0 Å². The third kappa shape index (κ3) is 3.84. The summed E-state index contributed by atoms with van der Waals surface area (Å²) in [6.45, 7) is 4.16. The first kappa shape index (κ1) is 14.2. The highest BCUT2D eigenvalue weighted by molar-refractivity contribution is 5.94. The van der Waals surface area contributed by atoms with Crippen LogP contribution < -0.4 is 0 Å². The minimum absolute atomic E-state index is 0.0161. The Labute approximate surface area is 107 Å². The predicted molar refractivity (Wildman–Crippen MR) is 67.0 cm³/mol. The summed E-state index contributed by atoms with van der Waals surface area (Å²) in [6.07, 6.45) is 3.33. The number of ether oxygens (including phenoxy) is 1. The van der Waals surface area contributed by atoms with E-state index in [1.165, 1.54) is 13.3 Å². The molecule has 0 aromatic carbocycles. The lowest BCUT2D eigenvalue weighted by Gasteiger charge is -2.26. The second kappa shape index (κ2) is 6.74. The molecule has 0 N–H and O–H groups in total. The molecular formula is C13H18N2O3. The second-order valence-corrected chi connectivity index (χ2v) is 4.16. The Bertz CT molecular complexity index is 404. The number of hydrogen-bond acceptors (Lipinski definition) is 4. The van der Waals surface area contributed by atoms with Crippen molar-refractivity contribution in [3.05, 3.63) is 30.1 Å². The molecule has 0 spiro atoms. The zero-order valence-corrected chi connectivity index (χ0v) is 10.9. The summed E-state index contributed by atoms with van der Waals surface area (Å²) >= 11 is 0. The molecule has 5 heteroatoms. The first-order chi connectivity index (χ1) is 8.56. The molecule has 1 amide bonds. The lowest BCUT2D eigenvalue weighted by atomic mass is 10.2. The number of rotatable bonds is 5. The van der Waals surface area contributed by atoms with Crippen LogP contribution >= 0.6 is 0 Å². The van der Waals surface area contributed by atoms with Gasteiger partial charge in [0.05, 0.1) is 19.1 Å². The summed E-state index contributed by atoms with van der Waals surface area (Å²) in [5.74, 6) is -0.443. The number of aromatic nitrogens is 1. The zero-order valence-electron chi connectivity index (χ0n) is 10.9. The van der Waals surface area contributed by atoms with E-state index in [0.29, 0.717) is 12.1 Å². The van der Waals surface area contributed by atoms with E-state index in [9.17, 15) is 9.59 Å². The van der Waals surface area contributed by atoms with Gasteiger partial charge >= 0.3 is 5.97 Å². The lowest BCUT2D eigenvalue weighted by Crippen LogP contribution is -2.38. The van der Waals surface area contributed by atoms with Gasteiger partial charge in [-0.15, -0.1) is 0 Å². The highest BCUT2D eigenvalue weighted by Crippen LogP contribution is 2.08. The molecule has 0 saturated carbocycles. The first-order valence-electron chi connectivity index (χ1n) is 5.84. The van der Waals surface area contributed by atoms with Crippen molar-refractivity contribution in [3.8, 4) is 0 Å². The fourth-order valence-corrected chi connectivity index (χ4v) is 1.56. The monoisotopic (exact) mass is 250 g/mol. The standard InChI is InChI=1S/C13H18N2O3/c1-10(2)15(8-6-12(16)18-3)13(17)11-5-4-7-14-9-11/h4-5,7,9-10H,6,8H2,1-3H3. The zero-order chi connectivity index (χ0) is 13.5. The summed E-state index contributed by atoms with van der Waals surface area (Å²) in [4.78, 5) is 28.9. The number of carbonyl (C=O) groups excluding carboxylic acids is 2. The summed E-state index contributed by atoms with van der Waals surface area (Å²) < 4.78 is 4.58. The van der Waals surface area contributed by atoms with E-state index in [4.69, 9.17) is 0 Å². The van der Waals surface area contributed by atoms with Crippen molar-refractivity contribution in [2.75, 3.05) is 13.7 Å². The predicted octanol–water partition coefficient (Wildman–Crippen LogP) is 1.50. The number of methoxy groups -OCH3 is 1. The maximum Gasteiger partial charge on any atom is 0.307 e. The highest BCUT2D eigenvalue weighted by Gasteiger charge is 2.19. The van der Waals surface area contributed by atoms with Crippen LogP contribution in [0, 0.1) is 0 Å². The Hall–Kier alpha value is -1.91. The molecule has 0 atom stereocenters. The molecule has 0 aliphatic carbocycles. The molecule has 0 saturated heterocycles. The van der Waals surface area contributed by atoms with Crippen LogP contribution in [-0.4, -0.2) is 41.5 Å². The van der Waals surface area contributed by atoms with Crippen molar-refractivity contribution < 1.29 is 14.3 Å². The van der Waals surface area contributed by atoms with Gasteiger partial charge in [0.2, 0.25) is 0 Å². The average Bonchev–Trinajstić information content (AvgIpc) is 2.39. The Kier molecular flexibility index (Phi) is 5.30. The van der Waals surface area contributed by atoms with Crippen LogP contribution in [0.3, 0.4) is 0 Å². The number of nitrogens with zero attached hydrogens (tertiary/aromatic N) is 2. The fourth-order valence-electron chi connectivity index (χ4n) is 1.56. The SMILES string of the molecule is COC(=O)CCN(C(=O)c1cccnc1)C(C)C. The van der Waals surface area contributed by atoms with Gasteiger partial charge in [0, 0.05) is 25.0 Å². The molecule has 0 aliphatic heterocycles. The van der Waals surface area contributed by atoms with Crippen LogP contribution in [0.5, 0.6) is 0 Å². The number of pyridine rings is 1. The maximum absolute atomic E-state index is 12.2. The van der Waals surface area contributed by atoms with Crippen molar-refractivity contribution in [1.29, 1.82) is 0 Å². The van der Waals surface area contributed by atoms with Crippen LogP contribution in [0.1, 0.15) is 30.6 Å². The molecule has 1 aromatic heterocycles. The minimum Gasteiger partial charge on any atom is -0.469 e. The molecule has 0 radical (unpaired) electrons. The molecular weight excluding hydrogens is 232 g/mol. The van der Waals surface area contributed by atoms with Gasteiger partial charge in [0.25, 0.3) is 5.91 Å². The van der Waals surface area contributed by atoms with E-state index in [1.54, 1.807) is 23.2 Å². The molecule has 0 unspecified atom stereocenters. The molecule has 18 heavy (non-hydrogen) atoms. The van der Waals surface area contributed by atoms with Gasteiger partial charge in [0.1, 0.15) is 0 Å². The summed E-state index contributed by atoms with van der Waals surface area (Å²) in [6, 6.07) is 3.44. The molecule has 0 aliphatic rings. The van der Waals surface area contributed by atoms with Gasteiger partial charge in [-0.25, -0.2) is 0 Å². The van der Waals surface area contributed by atoms with Crippen molar-refractivity contribution in [3.63, 3.8) is 0 Å². The van der Waals surface area contributed by atoms with E-state index < -0.39 is 0 Å². The van der Waals surface area contributed by atoms with Crippen LogP contribution in [0.2, 0.25) is 0 Å². The van der Waals surface area contributed by atoms with Gasteiger partial charge < -0.3 is 9.64 Å². The van der Waals surface area contributed by atoms with Crippen LogP contribution in [-0.2, 0) is 9.53 Å². The van der Waals surface area contributed by atoms with Gasteiger partial charge in [-0.1, -0.05) is 0 Å². The normalized spacial score (nSPS) is 10.2. The lowest BCUT2D eigenvalue weighted by molar-refractivity contribution is -0.140. The quantitative estimate of drug-likeness (QED) is 0.743. The van der Waals surface area contributed by atoms with Crippen LogP contribution in [0.25, 0.3) is 0 Å². The van der Waals surface area contributed by atoms with Crippen molar-refractivity contribution in [2.24, 2.45) is 0 Å². The summed E-state index contributed by atoms with van der Waals surface area (Å²) in [5.41, 5.74) is 0.524. The Morgan fingerprint density at radius 1 is 1.44 bits per heavy atom. The number of amides is 1. The fraction of sp³-hybridized carbons (Fsp3) is 0.462. The summed E-state index contributed by atoms with van der Waals surface area (Å²) in [5, 5.41) is 0. The average molecular weight is 250 g/mol. The number of carbonyl (C=O) groups is 2. The smallest absolute Gasteiger partial charge is 0.307 e. The van der Waals surface area contributed by atoms with Gasteiger partial charge in [0.15, 0.2) is 0 Å². The molecule has 0 bridgehead atoms. The van der Waals surface area contributed by atoms with E-state index in [-0.39, 0.29) is 24.3 Å². The van der Waals surface area contributed by atoms with Gasteiger partial charge in [-0.05, 0) is 26.0 Å². The van der Waals surface area contributed by atoms with Crippen LogP contribution in [0.4, 0.5) is 0 Å². The first-order valence-corrected chi connectivity index (χ1v) is 5.84. The van der Waals surface area contributed by atoms with Crippen molar-refractivity contribution in [1.82, 2.24) is 9.88 Å². The molecule has 1 aromatic rings. The van der Waals surface area contributed by atoms with Crippen LogP contribution in [0.15, 0.2) is 24.5 Å². The Morgan fingerprint density at radius 2 is 2.17 bits per heavy atom. The van der Waals surface area contributed by atoms with Crippen molar-refractivity contribution in [2.45, 2.75) is 26.3 Å². The molecule has 5 nitrogen and oxygen atoms in total. The summed E-state index contributed by atoms with van der Waals surface area (Å²) in [7, 11) is 1.34. The maximum atomic E-state index is 12.2. The molecule has 1 heterocycles.